The van der Waals surface area contributed by atoms with E-state index < -0.39 is 30.7 Å². The second kappa shape index (κ2) is 16.5. The fourth-order valence-electron chi connectivity index (χ4n) is 4.95. The van der Waals surface area contributed by atoms with Gasteiger partial charge in [-0.25, -0.2) is 0 Å². The summed E-state index contributed by atoms with van der Waals surface area (Å²) in [5.41, 5.74) is 4.13. The Kier molecular flexibility index (Phi) is 12.2. The predicted molar refractivity (Wildman–Crippen MR) is 170 cm³/mol. The standard InChI is InChI=1S/C35H36BrClO6/c1-38-35-34(42-23-28-14-18-30(37)19-15-28)33(41-22-26-10-6-3-7-11-26)32(40-21-25-8-4-2-5-9-25)31(43-35)24-39-20-27-12-16-29(36)17-13-27/h2-19,31-35H,20-24H2,1H3/t31-,32-,33+,34-,35-/m1/s1. The van der Waals surface area contributed by atoms with Gasteiger partial charge in [0.15, 0.2) is 6.29 Å². The van der Waals surface area contributed by atoms with Gasteiger partial charge in [0, 0.05) is 16.6 Å². The van der Waals surface area contributed by atoms with Crippen molar-refractivity contribution in [1.82, 2.24) is 0 Å². The van der Waals surface area contributed by atoms with E-state index >= 15 is 0 Å². The summed E-state index contributed by atoms with van der Waals surface area (Å²) in [5, 5.41) is 0.670. The molecule has 6 nitrogen and oxygen atoms in total. The third-order valence-electron chi connectivity index (χ3n) is 7.21. The quantitative estimate of drug-likeness (QED) is 0.137. The van der Waals surface area contributed by atoms with Crippen LogP contribution in [0, 0.1) is 0 Å². The van der Waals surface area contributed by atoms with E-state index in [-0.39, 0.29) is 6.61 Å². The molecule has 1 heterocycles. The van der Waals surface area contributed by atoms with Crippen molar-refractivity contribution in [2.75, 3.05) is 13.7 Å². The van der Waals surface area contributed by atoms with E-state index in [1.54, 1.807) is 7.11 Å². The zero-order valence-electron chi connectivity index (χ0n) is 24.0. The largest absolute Gasteiger partial charge is 0.374 e. The lowest BCUT2D eigenvalue weighted by Gasteiger charge is -2.45. The Morgan fingerprint density at radius 3 is 1.67 bits per heavy atom. The molecule has 0 amide bonds. The van der Waals surface area contributed by atoms with Gasteiger partial charge < -0.3 is 28.4 Å². The first kappa shape index (κ1) is 31.8. The van der Waals surface area contributed by atoms with Crippen LogP contribution in [0.1, 0.15) is 22.3 Å². The topological polar surface area (TPSA) is 55.4 Å². The van der Waals surface area contributed by atoms with Crippen molar-refractivity contribution in [2.45, 2.75) is 57.1 Å². The Labute approximate surface area is 266 Å². The van der Waals surface area contributed by atoms with Crippen LogP contribution in [0.3, 0.4) is 0 Å². The van der Waals surface area contributed by atoms with Crippen LogP contribution < -0.4 is 0 Å². The van der Waals surface area contributed by atoms with Crippen molar-refractivity contribution in [3.63, 3.8) is 0 Å². The Balaban J connectivity index is 1.38. The summed E-state index contributed by atoms with van der Waals surface area (Å²) in [6.07, 6.45) is -2.77. The Morgan fingerprint density at radius 1 is 0.605 bits per heavy atom. The van der Waals surface area contributed by atoms with Crippen molar-refractivity contribution in [3.05, 3.63) is 141 Å². The number of hydrogen-bond acceptors (Lipinski definition) is 6. The number of ether oxygens (including phenoxy) is 6. The molecule has 0 spiro atoms. The maximum absolute atomic E-state index is 6.64. The molecular formula is C35H36BrClO6. The molecule has 0 unspecified atom stereocenters. The van der Waals surface area contributed by atoms with Gasteiger partial charge in [-0.05, 0) is 46.5 Å². The summed E-state index contributed by atoms with van der Waals surface area (Å²) in [7, 11) is 1.61. The Bertz CT molecular complexity index is 1360. The van der Waals surface area contributed by atoms with Crippen LogP contribution in [0.2, 0.25) is 5.02 Å². The maximum Gasteiger partial charge on any atom is 0.186 e. The van der Waals surface area contributed by atoms with Crippen LogP contribution in [-0.4, -0.2) is 44.4 Å². The molecule has 8 heteroatoms. The average Bonchev–Trinajstić information content (AvgIpc) is 3.05. The summed E-state index contributed by atoms with van der Waals surface area (Å²) >= 11 is 9.59. The first-order valence-electron chi connectivity index (χ1n) is 14.3. The van der Waals surface area contributed by atoms with Crippen molar-refractivity contribution >= 4 is 27.5 Å². The zero-order valence-corrected chi connectivity index (χ0v) is 26.4. The van der Waals surface area contributed by atoms with Crippen LogP contribution in [0.15, 0.2) is 114 Å². The van der Waals surface area contributed by atoms with Gasteiger partial charge in [0.05, 0.1) is 33.0 Å². The highest BCUT2D eigenvalue weighted by molar-refractivity contribution is 9.10. The van der Waals surface area contributed by atoms with E-state index in [0.717, 1.165) is 26.7 Å². The second-order valence-electron chi connectivity index (χ2n) is 10.3. The minimum absolute atomic E-state index is 0.282. The summed E-state index contributed by atoms with van der Waals surface area (Å²) in [6, 6.07) is 35.7. The van der Waals surface area contributed by atoms with Gasteiger partial charge in [0.25, 0.3) is 0 Å². The lowest BCUT2D eigenvalue weighted by Crippen LogP contribution is -2.61. The second-order valence-corrected chi connectivity index (χ2v) is 11.7. The van der Waals surface area contributed by atoms with E-state index in [2.05, 4.69) is 15.9 Å². The fraction of sp³-hybridized carbons (Fsp3) is 0.314. The molecule has 0 radical (unpaired) electrons. The monoisotopic (exact) mass is 666 g/mol. The van der Waals surface area contributed by atoms with Crippen LogP contribution in [0.25, 0.3) is 0 Å². The lowest BCUT2D eigenvalue weighted by atomic mass is 9.97. The van der Waals surface area contributed by atoms with Gasteiger partial charge in [-0.1, -0.05) is 112 Å². The van der Waals surface area contributed by atoms with Crippen molar-refractivity contribution in [2.24, 2.45) is 0 Å². The van der Waals surface area contributed by atoms with E-state index in [9.17, 15) is 0 Å². The number of rotatable bonds is 14. The number of halogens is 2. The molecular weight excluding hydrogens is 632 g/mol. The summed E-state index contributed by atoms with van der Waals surface area (Å²) in [4.78, 5) is 0. The maximum atomic E-state index is 6.64. The average molecular weight is 668 g/mol. The number of methoxy groups -OCH3 is 1. The molecule has 5 atom stereocenters. The smallest absolute Gasteiger partial charge is 0.186 e. The van der Waals surface area contributed by atoms with Gasteiger partial charge in [0.2, 0.25) is 0 Å². The third kappa shape index (κ3) is 9.45. The molecule has 0 saturated carbocycles. The van der Waals surface area contributed by atoms with Gasteiger partial charge in [-0.2, -0.15) is 0 Å². The molecule has 0 N–H and O–H groups in total. The van der Waals surface area contributed by atoms with E-state index in [1.807, 2.05) is 109 Å². The predicted octanol–water partition coefficient (Wildman–Crippen LogP) is 7.75. The fourth-order valence-corrected chi connectivity index (χ4v) is 5.34. The molecule has 43 heavy (non-hydrogen) atoms. The Morgan fingerprint density at radius 2 is 1.09 bits per heavy atom. The minimum Gasteiger partial charge on any atom is -0.374 e. The van der Waals surface area contributed by atoms with E-state index in [0.29, 0.717) is 31.5 Å². The number of benzene rings is 4. The Hall–Kier alpha value is -2.59. The first-order valence-corrected chi connectivity index (χ1v) is 15.4. The summed E-state index contributed by atoms with van der Waals surface area (Å²) < 4.78 is 39.3. The molecule has 226 valence electrons. The molecule has 1 saturated heterocycles. The molecule has 1 aliphatic heterocycles. The van der Waals surface area contributed by atoms with Gasteiger partial charge >= 0.3 is 0 Å². The highest BCUT2D eigenvalue weighted by atomic mass is 79.9. The van der Waals surface area contributed by atoms with Crippen LogP contribution in [-0.2, 0) is 54.8 Å². The molecule has 0 bridgehead atoms. The van der Waals surface area contributed by atoms with Gasteiger partial charge in [-0.15, -0.1) is 0 Å². The van der Waals surface area contributed by atoms with E-state index in [4.69, 9.17) is 40.0 Å². The third-order valence-corrected chi connectivity index (χ3v) is 7.99. The summed E-state index contributed by atoms with van der Waals surface area (Å²) in [5.74, 6) is 0. The zero-order chi connectivity index (χ0) is 29.9. The normalized spacial score (nSPS) is 22.0. The summed E-state index contributed by atoms with van der Waals surface area (Å²) in [6.45, 7) is 1.80. The molecule has 4 aromatic carbocycles. The highest BCUT2D eigenvalue weighted by Gasteiger charge is 2.48. The molecule has 5 rings (SSSR count). The van der Waals surface area contributed by atoms with Crippen LogP contribution in [0.4, 0.5) is 0 Å². The lowest BCUT2D eigenvalue weighted by molar-refractivity contribution is -0.323. The molecule has 0 aromatic heterocycles. The molecule has 1 fully saturated rings. The first-order chi connectivity index (χ1) is 21.1. The SMILES string of the molecule is CO[C@@H]1O[C@H](COCc2ccc(Br)cc2)[C@@H](OCc2ccccc2)[C@H](OCc2ccccc2)[C@H]1OCc1ccc(Cl)cc1. The minimum atomic E-state index is -0.703. The molecule has 4 aromatic rings. The van der Waals surface area contributed by atoms with Crippen molar-refractivity contribution < 1.29 is 28.4 Å². The van der Waals surface area contributed by atoms with E-state index in [1.165, 1.54) is 0 Å². The highest BCUT2D eigenvalue weighted by Crippen LogP contribution is 2.31. The molecule has 0 aliphatic carbocycles. The van der Waals surface area contributed by atoms with Crippen molar-refractivity contribution in [3.8, 4) is 0 Å². The van der Waals surface area contributed by atoms with Crippen molar-refractivity contribution in [1.29, 1.82) is 0 Å². The van der Waals surface area contributed by atoms with Crippen LogP contribution in [0.5, 0.6) is 0 Å². The van der Waals surface area contributed by atoms with Crippen LogP contribution >= 0.6 is 27.5 Å². The molecule has 1 aliphatic rings. The van der Waals surface area contributed by atoms with Gasteiger partial charge in [-0.3, -0.25) is 0 Å². The van der Waals surface area contributed by atoms with Gasteiger partial charge in [0.1, 0.15) is 24.4 Å². The number of hydrogen-bond donors (Lipinski definition) is 0.